The molecule has 0 aromatic heterocycles. The standard InChI is InChI=1S/C12H8BrN5O3/c1-6-11(19)15-12(18-16-6)17-14-4-7-2-9-10(3-8(7)13)21-5-20-9/h2-4H,1,5H2,(H,15,17,19)/b14-4+. The quantitative estimate of drug-likeness (QED) is 0.502. The molecule has 0 fully saturated rings. The van der Waals surface area contributed by atoms with Crippen molar-refractivity contribution in [2.24, 2.45) is 20.4 Å². The first-order chi connectivity index (χ1) is 10.1. The number of carbonyl (C=O) groups is 1. The second-order valence-electron chi connectivity index (χ2n) is 4.00. The minimum Gasteiger partial charge on any atom is -0.454 e. The molecule has 106 valence electrons. The highest BCUT2D eigenvalue weighted by Gasteiger charge is 2.16. The molecule has 0 saturated heterocycles. The molecule has 0 bridgehead atoms. The Morgan fingerprint density at radius 3 is 2.86 bits per heavy atom. The average Bonchev–Trinajstić information content (AvgIpc) is 2.90. The number of nitrogens with zero attached hydrogens (tertiary/aromatic N) is 4. The molecule has 0 atom stereocenters. The molecule has 0 unspecified atom stereocenters. The van der Waals surface area contributed by atoms with Crippen LogP contribution in [0.5, 0.6) is 11.5 Å². The second-order valence-corrected chi connectivity index (χ2v) is 4.85. The third kappa shape index (κ3) is 2.82. The zero-order valence-electron chi connectivity index (χ0n) is 10.5. The van der Waals surface area contributed by atoms with E-state index in [4.69, 9.17) is 9.47 Å². The van der Waals surface area contributed by atoms with E-state index in [2.05, 4.69) is 48.3 Å². The number of nitrogens with one attached hydrogen (secondary N) is 1. The lowest BCUT2D eigenvalue weighted by Gasteiger charge is -2.05. The Kier molecular flexibility index (Phi) is 3.48. The van der Waals surface area contributed by atoms with Crippen molar-refractivity contribution in [1.29, 1.82) is 0 Å². The Hall–Kier alpha value is -2.55. The Labute approximate surface area is 127 Å². The van der Waals surface area contributed by atoms with Gasteiger partial charge >= 0.3 is 0 Å². The summed E-state index contributed by atoms with van der Waals surface area (Å²) >= 11 is 3.39. The summed E-state index contributed by atoms with van der Waals surface area (Å²) in [4.78, 5) is 11.3. The van der Waals surface area contributed by atoms with E-state index in [1.54, 1.807) is 12.1 Å². The van der Waals surface area contributed by atoms with Gasteiger partial charge in [0.1, 0.15) is 5.70 Å². The normalized spacial score (nSPS) is 18.6. The highest BCUT2D eigenvalue weighted by Crippen LogP contribution is 2.36. The molecular weight excluding hydrogens is 342 g/mol. The van der Waals surface area contributed by atoms with Gasteiger partial charge in [-0.25, -0.2) is 0 Å². The smallest absolute Gasteiger partial charge is 0.277 e. The van der Waals surface area contributed by atoms with Gasteiger partial charge in [0.2, 0.25) is 6.79 Å². The first-order valence-corrected chi connectivity index (χ1v) is 6.55. The highest BCUT2D eigenvalue weighted by molar-refractivity contribution is 9.10. The Morgan fingerprint density at radius 2 is 2.10 bits per heavy atom. The first-order valence-electron chi connectivity index (χ1n) is 5.75. The van der Waals surface area contributed by atoms with Crippen LogP contribution in [0.15, 0.2) is 49.3 Å². The number of fused-ring (bicyclic) bond motifs is 1. The number of amides is 1. The van der Waals surface area contributed by atoms with E-state index in [-0.39, 0.29) is 18.4 Å². The van der Waals surface area contributed by atoms with Crippen LogP contribution in [-0.2, 0) is 4.79 Å². The Balaban J connectivity index is 1.79. The summed E-state index contributed by atoms with van der Waals surface area (Å²) in [6.07, 6.45) is 1.49. The number of benzene rings is 1. The monoisotopic (exact) mass is 349 g/mol. The molecule has 2 aliphatic heterocycles. The van der Waals surface area contributed by atoms with Crippen LogP contribution in [0.1, 0.15) is 5.56 Å². The van der Waals surface area contributed by atoms with Gasteiger partial charge in [-0.2, -0.15) is 5.10 Å². The minimum atomic E-state index is -0.455. The third-order valence-corrected chi connectivity index (χ3v) is 3.28. The van der Waals surface area contributed by atoms with Crippen LogP contribution in [0.25, 0.3) is 0 Å². The summed E-state index contributed by atoms with van der Waals surface area (Å²) in [7, 11) is 0. The largest absolute Gasteiger partial charge is 0.454 e. The van der Waals surface area contributed by atoms with Crippen molar-refractivity contribution in [2.45, 2.75) is 0 Å². The van der Waals surface area contributed by atoms with Gasteiger partial charge < -0.3 is 9.47 Å². The number of ether oxygens (including phenoxy) is 2. The summed E-state index contributed by atoms with van der Waals surface area (Å²) in [5, 5.41) is 17.2. The van der Waals surface area contributed by atoms with Gasteiger partial charge in [-0.05, 0) is 28.1 Å². The molecule has 0 spiro atoms. The maximum Gasteiger partial charge on any atom is 0.277 e. The maximum atomic E-state index is 11.3. The van der Waals surface area contributed by atoms with E-state index in [0.717, 1.165) is 10.0 Å². The molecule has 8 nitrogen and oxygen atoms in total. The fourth-order valence-corrected chi connectivity index (χ4v) is 2.00. The lowest BCUT2D eigenvalue weighted by atomic mass is 10.2. The third-order valence-electron chi connectivity index (χ3n) is 2.59. The summed E-state index contributed by atoms with van der Waals surface area (Å²) < 4.78 is 11.3. The molecule has 1 N–H and O–H groups in total. The molecule has 0 radical (unpaired) electrons. The number of rotatable bonds is 2. The van der Waals surface area contributed by atoms with Crippen LogP contribution in [-0.4, -0.2) is 24.9 Å². The van der Waals surface area contributed by atoms with Crippen molar-refractivity contribution >= 4 is 34.0 Å². The number of carbonyl (C=O) groups excluding carboxylic acids is 1. The molecule has 1 aromatic rings. The Morgan fingerprint density at radius 1 is 1.33 bits per heavy atom. The zero-order chi connectivity index (χ0) is 14.8. The molecule has 0 saturated carbocycles. The first kappa shape index (κ1) is 13.4. The fourth-order valence-electron chi connectivity index (χ4n) is 1.57. The average molecular weight is 350 g/mol. The van der Waals surface area contributed by atoms with Crippen molar-refractivity contribution in [3.63, 3.8) is 0 Å². The van der Waals surface area contributed by atoms with Crippen LogP contribution in [0.4, 0.5) is 0 Å². The van der Waals surface area contributed by atoms with Gasteiger partial charge in [-0.3, -0.25) is 10.1 Å². The fraction of sp³-hybridized carbons (Fsp3) is 0.0833. The van der Waals surface area contributed by atoms with E-state index in [1.807, 2.05) is 0 Å². The van der Waals surface area contributed by atoms with Crippen molar-refractivity contribution in [3.8, 4) is 11.5 Å². The molecule has 0 aliphatic carbocycles. The van der Waals surface area contributed by atoms with Crippen molar-refractivity contribution in [1.82, 2.24) is 5.32 Å². The highest BCUT2D eigenvalue weighted by atomic mass is 79.9. The van der Waals surface area contributed by atoms with Crippen molar-refractivity contribution < 1.29 is 14.3 Å². The molecule has 3 rings (SSSR count). The SMILES string of the molecule is C=C1N=N/C(=N/N=C/c2cc3c(cc2Br)OCO3)NC1=O. The topological polar surface area (TPSA) is 97.0 Å². The number of halogens is 1. The van der Waals surface area contributed by atoms with Crippen LogP contribution in [0.3, 0.4) is 0 Å². The van der Waals surface area contributed by atoms with Crippen molar-refractivity contribution in [2.75, 3.05) is 6.79 Å². The summed E-state index contributed by atoms with van der Waals surface area (Å²) in [6.45, 7) is 3.60. The van der Waals surface area contributed by atoms with Gasteiger partial charge in [0.25, 0.3) is 11.9 Å². The van der Waals surface area contributed by atoms with Gasteiger partial charge in [0.15, 0.2) is 11.5 Å². The van der Waals surface area contributed by atoms with E-state index in [9.17, 15) is 4.79 Å². The molecule has 2 aliphatic rings. The molecule has 9 heteroatoms. The predicted octanol–water partition coefficient (Wildman–Crippen LogP) is 1.96. The lowest BCUT2D eigenvalue weighted by Crippen LogP contribution is -2.32. The molecule has 1 amide bonds. The summed E-state index contributed by atoms with van der Waals surface area (Å²) in [6, 6.07) is 3.54. The van der Waals surface area contributed by atoms with Crippen LogP contribution in [0.2, 0.25) is 0 Å². The van der Waals surface area contributed by atoms with Gasteiger partial charge in [-0.1, -0.05) is 6.58 Å². The molecule has 21 heavy (non-hydrogen) atoms. The summed E-state index contributed by atoms with van der Waals surface area (Å²) in [5.41, 5.74) is 0.767. The lowest BCUT2D eigenvalue weighted by molar-refractivity contribution is -0.116. The molecule has 2 heterocycles. The summed E-state index contributed by atoms with van der Waals surface area (Å²) in [5.74, 6) is 0.843. The van der Waals surface area contributed by atoms with E-state index in [1.165, 1.54) is 6.21 Å². The second kappa shape index (κ2) is 5.44. The zero-order valence-corrected chi connectivity index (χ0v) is 12.1. The van der Waals surface area contributed by atoms with Crippen LogP contribution >= 0.6 is 15.9 Å². The van der Waals surface area contributed by atoms with E-state index < -0.39 is 5.91 Å². The van der Waals surface area contributed by atoms with Gasteiger partial charge in [0, 0.05) is 10.0 Å². The number of hydrogen-bond donors (Lipinski definition) is 1. The van der Waals surface area contributed by atoms with Crippen LogP contribution < -0.4 is 14.8 Å². The molecule has 1 aromatic carbocycles. The van der Waals surface area contributed by atoms with Gasteiger partial charge in [-0.15, -0.1) is 15.3 Å². The van der Waals surface area contributed by atoms with Gasteiger partial charge in [0.05, 0.1) is 6.21 Å². The van der Waals surface area contributed by atoms with Crippen LogP contribution in [0, 0.1) is 0 Å². The maximum absolute atomic E-state index is 11.3. The van der Waals surface area contributed by atoms with Crippen molar-refractivity contribution in [3.05, 3.63) is 34.4 Å². The predicted molar refractivity (Wildman–Crippen MR) is 77.4 cm³/mol. The molecular formula is C12H8BrN5O3. The minimum absolute atomic E-state index is 0.000478. The Bertz CT molecular complexity index is 726. The number of guanidine groups is 1. The number of hydrogen-bond acceptors (Lipinski definition) is 6. The van der Waals surface area contributed by atoms with E-state index >= 15 is 0 Å². The van der Waals surface area contributed by atoms with E-state index in [0.29, 0.717) is 11.5 Å². The number of azo groups is 1.